The van der Waals surface area contributed by atoms with Gasteiger partial charge in [0.2, 0.25) is 0 Å². The lowest BCUT2D eigenvalue weighted by atomic mass is 9.98. The van der Waals surface area contributed by atoms with Crippen LogP contribution in [0.25, 0.3) is 0 Å². The molecule has 0 spiro atoms. The second kappa shape index (κ2) is 6.78. The van der Waals surface area contributed by atoms with E-state index in [-0.39, 0.29) is 0 Å². The zero-order valence-electron chi connectivity index (χ0n) is 12.1. The Morgan fingerprint density at radius 2 is 1.74 bits per heavy atom. The Balaban J connectivity index is 2.07. The molecule has 0 N–H and O–H groups in total. The molecule has 1 aliphatic heterocycles. The van der Waals surface area contributed by atoms with Crippen LogP contribution < -0.4 is 9.47 Å². The molecule has 0 saturated carbocycles. The molecule has 1 aliphatic rings. The summed E-state index contributed by atoms with van der Waals surface area (Å²) in [5.41, 5.74) is 2.72. The molecule has 0 saturated heterocycles. The highest BCUT2D eigenvalue weighted by Crippen LogP contribution is 2.33. The lowest BCUT2D eigenvalue weighted by Crippen LogP contribution is -2.31. The average molecular weight is 265 g/mol. The fourth-order valence-corrected chi connectivity index (χ4v) is 2.56. The Kier molecular flexibility index (Phi) is 5.05. The Morgan fingerprint density at radius 3 is 2.37 bits per heavy atom. The molecule has 0 aliphatic carbocycles. The highest BCUT2D eigenvalue weighted by Gasteiger charge is 2.18. The molecule has 1 aromatic carbocycles. The van der Waals surface area contributed by atoms with Crippen molar-refractivity contribution in [2.75, 3.05) is 41.0 Å². The summed E-state index contributed by atoms with van der Waals surface area (Å²) in [4.78, 5) is 2.47. The van der Waals surface area contributed by atoms with Crippen molar-refractivity contribution in [1.82, 2.24) is 4.90 Å². The summed E-state index contributed by atoms with van der Waals surface area (Å²) in [5.74, 6) is 1.65. The predicted octanol–water partition coefficient (Wildman–Crippen LogP) is 2.10. The van der Waals surface area contributed by atoms with Crippen molar-refractivity contribution in [3.63, 3.8) is 0 Å². The van der Waals surface area contributed by atoms with E-state index in [1.54, 1.807) is 21.3 Å². The fraction of sp³-hybridized carbons (Fsp3) is 0.600. The summed E-state index contributed by atoms with van der Waals surface area (Å²) >= 11 is 0. The molecule has 0 amide bonds. The largest absolute Gasteiger partial charge is 0.493 e. The van der Waals surface area contributed by atoms with E-state index in [1.807, 2.05) is 0 Å². The predicted molar refractivity (Wildman–Crippen MR) is 75.0 cm³/mol. The first-order valence-electron chi connectivity index (χ1n) is 6.73. The van der Waals surface area contributed by atoms with Crippen LogP contribution in [0.2, 0.25) is 0 Å². The van der Waals surface area contributed by atoms with Gasteiger partial charge >= 0.3 is 0 Å². The van der Waals surface area contributed by atoms with Crippen LogP contribution in [0.1, 0.15) is 17.5 Å². The van der Waals surface area contributed by atoms with Gasteiger partial charge in [-0.25, -0.2) is 0 Å². The zero-order chi connectivity index (χ0) is 13.7. The van der Waals surface area contributed by atoms with Gasteiger partial charge in [-0.05, 0) is 36.1 Å². The van der Waals surface area contributed by atoms with Crippen molar-refractivity contribution in [3.8, 4) is 11.5 Å². The van der Waals surface area contributed by atoms with Crippen molar-refractivity contribution in [1.29, 1.82) is 0 Å². The quantitative estimate of drug-likeness (QED) is 0.737. The van der Waals surface area contributed by atoms with Crippen LogP contribution in [0.3, 0.4) is 0 Å². The van der Waals surface area contributed by atoms with Crippen molar-refractivity contribution < 1.29 is 14.2 Å². The van der Waals surface area contributed by atoms with Crippen LogP contribution in [0.4, 0.5) is 0 Å². The lowest BCUT2D eigenvalue weighted by molar-refractivity contribution is 0.166. The third kappa shape index (κ3) is 3.39. The Bertz CT molecular complexity index is 420. The molecular formula is C15H23NO3. The van der Waals surface area contributed by atoms with Crippen molar-refractivity contribution in [3.05, 3.63) is 23.3 Å². The summed E-state index contributed by atoms with van der Waals surface area (Å²) in [6.45, 7) is 4.00. The van der Waals surface area contributed by atoms with Gasteiger partial charge in [0.25, 0.3) is 0 Å². The molecule has 0 fully saturated rings. The maximum absolute atomic E-state index is 5.37. The second-order valence-corrected chi connectivity index (χ2v) is 4.85. The first-order valence-corrected chi connectivity index (χ1v) is 6.73. The van der Waals surface area contributed by atoms with Crippen LogP contribution in [0.15, 0.2) is 12.1 Å². The number of hydrogen-bond acceptors (Lipinski definition) is 4. The zero-order valence-corrected chi connectivity index (χ0v) is 12.1. The van der Waals surface area contributed by atoms with E-state index in [1.165, 1.54) is 11.1 Å². The van der Waals surface area contributed by atoms with Crippen LogP contribution in [0.5, 0.6) is 11.5 Å². The Hall–Kier alpha value is -1.26. The molecule has 2 rings (SSSR count). The number of hydrogen-bond donors (Lipinski definition) is 0. The normalized spacial score (nSPS) is 15.1. The molecule has 0 unspecified atom stereocenters. The van der Waals surface area contributed by atoms with Gasteiger partial charge in [0.1, 0.15) is 0 Å². The second-order valence-electron chi connectivity index (χ2n) is 4.85. The summed E-state index contributed by atoms with van der Waals surface area (Å²) in [6, 6.07) is 4.22. The molecule has 0 bridgehead atoms. The van der Waals surface area contributed by atoms with Crippen LogP contribution in [0, 0.1) is 0 Å². The molecule has 4 nitrogen and oxygen atoms in total. The van der Waals surface area contributed by atoms with Gasteiger partial charge in [0.05, 0.1) is 14.2 Å². The van der Waals surface area contributed by atoms with E-state index in [4.69, 9.17) is 14.2 Å². The van der Waals surface area contributed by atoms with E-state index in [0.29, 0.717) is 0 Å². The fourth-order valence-electron chi connectivity index (χ4n) is 2.56. The molecular weight excluding hydrogens is 242 g/mol. The van der Waals surface area contributed by atoms with Crippen LogP contribution in [-0.4, -0.2) is 45.9 Å². The minimum Gasteiger partial charge on any atom is -0.493 e. The van der Waals surface area contributed by atoms with E-state index in [0.717, 1.165) is 50.6 Å². The van der Waals surface area contributed by atoms with E-state index < -0.39 is 0 Å². The number of methoxy groups -OCH3 is 3. The van der Waals surface area contributed by atoms with Gasteiger partial charge in [-0.1, -0.05) is 0 Å². The topological polar surface area (TPSA) is 30.9 Å². The van der Waals surface area contributed by atoms with E-state index >= 15 is 0 Å². The number of ether oxygens (including phenoxy) is 3. The van der Waals surface area contributed by atoms with Crippen molar-refractivity contribution >= 4 is 0 Å². The van der Waals surface area contributed by atoms with E-state index in [9.17, 15) is 0 Å². The summed E-state index contributed by atoms with van der Waals surface area (Å²) < 4.78 is 15.8. The number of fused-ring (bicyclic) bond motifs is 1. The van der Waals surface area contributed by atoms with Gasteiger partial charge in [0.15, 0.2) is 11.5 Å². The standard InChI is InChI=1S/C15H23NO3/c1-17-8-4-6-16-7-5-12-9-14(18-2)15(19-3)10-13(12)11-16/h9-10H,4-8,11H2,1-3H3. The SMILES string of the molecule is COCCCN1CCc2cc(OC)c(OC)cc2C1. The van der Waals surface area contributed by atoms with Crippen LogP contribution in [-0.2, 0) is 17.7 Å². The summed E-state index contributed by atoms with van der Waals surface area (Å²) in [5, 5.41) is 0. The third-order valence-electron chi connectivity index (χ3n) is 3.62. The third-order valence-corrected chi connectivity index (χ3v) is 3.62. The lowest BCUT2D eigenvalue weighted by Gasteiger charge is -2.29. The summed E-state index contributed by atoms with van der Waals surface area (Å²) in [6.07, 6.45) is 2.15. The van der Waals surface area contributed by atoms with Gasteiger partial charge in [-0.3, -0.25) is 4.90 Å². The summed E-state index contributed by atoms with van der Waals surface area (Å²) in [7, 11) is 5.12. The highest BCUT2D eigenvalue weighted by molar-refractivity contribution is 5.48. The van der Waals surface area contributed by atoms with Gasteiger partial charge in [-0.2, -0.15) is 0 Å². The van der Waals surface area contributed by atoms with Gasteiger partial charge in [-0.15, -0.1) is 0 Å². The first-order chi connectivity index (χ1) is 9.28. The van der Waals surface area contributed by atoms with E-state index in [2.05, 4.69) is 17.0 Å². The Labute approximate surface area is 115 Å². The average Bonchev–Trinajstić information content (AvgIpc) is 2.46. The Morgan fingerprint density at radius 1 is 1.05 bits per heavy atom. The molecule has 1 aromatic rings. The molecule has 0 atom stereocenters. The monoisotopic (exact) mass is 265 g/mol. The molecule has 19 heavy (non-hydrogen) atoms. The van der Waals surface area contributed by atoms with Crippen molar-refractivity contribution in [2.45, 2.75) is 19.4 Å². The molecule has 4 heteroatoms. The smallest absolute Gasteiger partial charge is 0.161 e. The minimum atomic E-state index is 0.819. The molecule has 1 heterocycles. The number of nitrogens with zero attached hydrogens (tertiary/aromatic N) is 1. The highest BCUT2D eigenvalue weighted by atomic mass is 16.5. The number of rotatable bonds is 6. The minimum absolute atomic E-state index is 0.819. The molecule has 0 radical (unpaired) electrons. The molecule has 0 aromatic heterocycles. The first kappa shape index (κ1) is 14.2. The number of benzene rings is 1. The van der Waals surface area contributed by atoms with Gasteiger partial charge < -0.3 is 14.2 Å². The maximum atomic E-state index is 5.37. The van der Waals surface area contributed by atoms with Crippen molar-refractivity contribution in [2.24, 2.45) is 0 Å². The molecule has 106 valence electrons. The maximum Gasteiger partial charge on any atom is 0.161 e. The van der Waals surface area contributed by atoms with Gasteiger partial charge in [0, 0.05) is 33.4 Å². The van der Waals surface area contributed by atoms with Crippen LogP contribution >= 0.6 is 0 Å².